The number of nitriles is 1. The highest BCUT2D eigenvalue weighted by Crippen LogP contribution is 2.12. The molecule has 0 aliphatic heterocycles. The highest BCUT2D eigenvalue weighted by molar-refractivity contribution is 5.77. The fraction of sp³-hybridized carbons (Fsp3) is 0.125. The van der Waals surface area contributed by atoms with Gasteiger partial charge in [0.2, 0.25) is 0 Å². The molecule has 0 atom stereocenters. The van der Waals surface area contributed by atoms with Crippen LogP contribution in [0, 0.1) is 11.3 Å². The number of nitrogens with two attached hydrogens (primary N) is 1. The summed E-state index contributed by atoms with van der Waals surface area (Å²) < 4.78 is 0. The van der Waals surface area contributed by atoms with Crippen LogP contribution in [0.1, 0.15) is 0 Å². The van der Waals surface area contributed by atoms with Gasteiger partial charge < -0.3 is 5.73 Å². The van der Waals surface area contributed by atoms with Crippen LogP contribution < -0.4 is 5.73 Å². The van der Waals surface area contributed by atoms with Gasteiger partial charge in [0.15, 0.2) is 0 Å². The van der Waals surface area contributed by atoms with Gasteiger partial charge in [-0.15, -0.1) is 0 Å². The number of nitrogens with zero attached hydrogens (tertiary/aromatic N) is 4. The molecule has 1 aromatic carbocycles. The van der Waals surface area contributed by atoms with Crippen LogP contribution in [-0.2, 0) is 6.54 Å². The highest BCUT2D eigenvalue weighted by Gasteiger charge is 2.01. The largest absolute Gasteiger partial charge is 0.399 e. The van der Waals surface area contributed by atoms with Crippen LogP contribution in [0.15, 0.2) is 18.2 Å². The van der Waals surface area contributed by atoms with E-state index in [0.29, 0.717) is 5.69 Å². The van der Waals surface area contributed by atoms with E-state index in [0.717, 1.165) is 11.0 Å². The van der Waals surface area contributed by atoms with Gasteiger partial charge in [0.1, 0.15) is 17.6 Å². The van der Waals surface area contributed by atoms with E-state index in [-0.39, 0.29) is 6.54 Å². The first-order valence-corrected chi connectivity index (χ1v) is 3.77. The molecule has 0 amide bonds. The standard InChI is InChI=1S/C8H7N5/c9-3-4-13-11-7-2-1-6(10)5-8(7)12-13/h1-2,5H,4,10H2. The molecule has 1 aromatic heterocycles. The number of hydrogen-bond donors (Lipinski definition) is 1. The van der Waals surface area contributed by atoms with Gasteiger partial charge in [0, 0.05) is 5.69 Å². The molecule has 0 unspecified atom stereocenters. The number of hydrogen-bond acceptors (Lipinski definition) is 4. The second kappa shape index (κ2) is 2.75. The molecule has 5 heteroatoms. The Hall–Kier alpha value is -2.09. The summed E-state index contributed by atoms with van der Waals surface area (Å²) in [7, 11) is 0. The molecule has 13 heavy (non-hydrogen) atoms. The van der Waals surface area contributed by atoms with Crippen molar-refractivity contribution in [3.63, 3.8) is 0 Å². The van der Waals surface area contributed by atoms with Gasteiger partial charge in [0.25, 0.3) is 0 Å². The summed E-state index contributed by atoms with van der Waals surface area (Å²) in [4.78, 5) is 1.35. The maximum Gasteiger partial charge on any atom is 0.147 e. The average molecular weight is 173 g/mol. The van der Waals surface area contributed by atoms with E-state index in [9.17, 15) is 0 Å². The lowest BCUT2D eigenvalue weighted by Gasteiger charge is -1.87. The first-order chi connectivity index (χ1) is 6.29. The topological polar surface area (TPSA) is 80.5 Å². The molecule has 2 N–H and O–H groups in total. The second-order valence-electron chi connectivity index (χ2n) is 2.64. The normalized spacial score (nSPS) is 10.1. The Labute approximate surface area is 74.4 Å². The lowest BCUT2D eigenvalue weighted by molar-refractivity contribution is 0.618. The first kappa shape index (κ1) is 7.55. The quantitative estimate of drug-likeness (QED) is 0.638. The van der Waals surface area contributed by atoms with Crippen LogP contribution in [0.2, 0.25) is 0 Å². The third-order valence-corrected chi connectivity index (χ3v) is 1.66. The van der Waals surface area contributed by atoms with Crippen molar-refractivity contribution in [2.75, 3.05) is 5.73 Å². The smallest absolute Gasteiger partial charge is 0.147 e. The number of benzene rings is 1. The van der Waals surface area contributed by atoms with Gasteiger partial charge in [-0.1, -0.05) is 0 Å². The number of aromatic nitrogens is 3. The van der Waals surface area contributed by atoms with Gasteiger partial charge in [-0.3, -0.25) is 0 Å². The monoisotopic (exact) mass is 173 g/mol. The summed E-state index contributed by atoms with van der Waals surface area (Å²) in [5.74, 6) is 0. The average Bonchev–Trinajstić information content (AvgIpc) is 2.46. The minimum atomic E-state index is 0.161. The summed E-state index contributed by atoms with van der Waals surface area (Å²) in [6.07, 6.45) is 0. The first-order valence-electron chi connectivity index (χ1n) is 3.77. The predicted molar refractivity (Wildman–Crippen MR) is 47.6 cm³/mol. The Morgan fingerprint density at radius 2 is 2.15 bits per heavy atom. The second-order valence-corrected chi connectivity index (χ2v) is 2.64. The fourth-order valence-electron chi connectivity index (χ4n) is 1.11. The van der Waals surface area contributed by atoms with Crippen molar-refractivity contribution < 1.29 is 0 Å². The molecule has 0 bridgehead atoms. The van der Waals surface area contributed by atoms with Gasteiger partial charge in [-0.05, 0) is 18.2 Å². The fourth-order valence-corrected chi connectivity index (χ4v) is 1.11. The van der Waals surface area contributed by atoms with Crippen LogP contribution in [-0.4, -0.2) is 15.0 Å². The van der Waals surface area contributed by atoms with Crippen LogP contribution in [0.5, 0.6) is 0 Å². The summed E-state index contributed by atoms with van der Waals surface area (Å²) in [5, 5.41) is 16.6. The van der Waals surface area contributed by atoms with E-state index in [1.165, 1.54) is 4.80 Å². The number of anilines is 1. The Morgan fingerprint density at radius 1 is 1.38 bits per heavy atom. The molecule has 64 valence electrons. The molecule has 2 rings (SSSR count). The summed E-state index contributed by atoms with van der Waals surface area (Å²) in [6, 6.07) is 7.24. The van der Waals surface area contributed by atoms with E-state index < -0.39 is 0 Å². The summed E-state index contributed by atoms with van der Waals surface area (Å²) >= 11 is 0. The molecule has 5 nitrogen and oxygen atoms in total. The zero-order valence-electron chi connectivity index (χ0n) is 6.81. The van der Waals surface area contributed by atoms with Gasteiger partial charge in [-0.25, -0.2) is 0 Å². The minimum Gasteiger partial charge on any atom is -0.399 e. The zero-order valence-corrected chi connectivity index (χ0v) is 6.81. The minimum absolute atomic E-state index is 0.161. The van der Waals surface area contributed by atoms with Crippen LogP contribution >= 0.6 is 0 Å². The van der Waals surface area contributed by atoms with Gasteiger partial charge >= 0.3 is 0 Å². The Kier molecular flexibility index (Phi) is 1.60. The van der Waals surface area contributed by atoms with Crippen LogP contribution in [0.3, 0.4) is 0 Å². The molecular formula is C8H7N5. The molecule has 0 aliphatic rings. The zero-order chi connectivity index (χ0) is 9.26. The van der Waals surface area contributed by atoms with Crippen molar-refractivity contribution in [1.82, 2.24) is 15.0 Å². The molecule has 0 aliphatic carbocycles. The van der Waals surface area contributed by atoms with Crippen molar-refractivity contribution in [1.29, 1.82) is 5.26 Å². The van der Waals surface area contributed by atoms with Crippen molar-refractivity contribution in [3.8, 4) is 6.07 Å². The third-order valence-electron chi connectivity index (χ3n) is 1.66. The maximum absolute atomic E-state index is 8.42. The molecule has 0 fully saturated rings. The van der Waals surface area contributed by atoms with Crippen molar-refractivity contribution in [2.24, 2.45) is 0 Å². The molecular weight excluding hydrogens is 166 g/mol. The lowest BCUT2D eigenvalue weighted by Crippen LogP contribution is -1.98. The molecule has 0 radical (unpaired) electrons. The number of fused-ring (bicyclic) bond motifs is 1. The Bertz CT molecular complexity index is 479. The predicted octanol–water partition coefficient (Wildman–Crippen LogP) is 0.537. The lowest BCUT2D eigenvalue weighted by atomic mass is 10.3. The van der Waals surface area contributed by atoms with Crippen LogP contribution in [0.25, 0.3) is 11.0 Å². The molecule has 0 spiro atoms. The van der Waals surface area contributed by atoms with Crippen molar-refractivity contribution in [3.05, 3.63) is 18.2 Å². The van der Waals surface area contributed by atoms with Crippen molar-refractivity contribution in [2.45, 2.75) is 6.54 Å². The Balaban J connectivity index is 2.57. The molecule has 1 heterocycles. The Morgan fingerprint density at radius 3 is 2.92 bits per heavy atom. The summed E-state index contributed by atoms with van der Waals surface area (Å²) in [6.45, 7) is 0.161. The molecule has 2 aromatic rings. The van der Waals surface area contributed by atoms with E-state index in [2.05, 4.69) is 10.2 Å². The van der Waals surface area contributed by atoms with E-state index in [4.69, 9.17) is 11.0 Å². The van der Waals surface area contributed by atoms with Crippen molar-refractivity contribution >= 4 is 16.7 Å². The van der Waals surface area contributed by atoms with E-state index >= 15 is 0 Å². The van der Waals surface area contributed by atoms with Crippen LogP contribution in [0.4, 0.5) is 5.69 Å². The number of rotatable bonds is 1. The van der Waals surface area contributed by atoms with E-state index in [1.54, 1.807) is 18.2 Å². The SMILES string of the molecule is N#CCn1nc2ccc(N)cc2n1. The maximum atomic E-state index is 8.42. The molecule has 0 saturated heterocycles. The molecule has 0 saturated carbocycles. The van der Waals surface area contributed by atoms with Gasteiger partial charge in [0.05, 0.1) is 6.07 Å². The van der Waals surface area contributed by atoms with E-state index in [1.807, 2.05) is 6.07 Å². The van der Waals surface area contributed by atoms with Gasteiger partial charge in [-0.2, -0.15) is 20.3 Å². The summed E-state index contributed by atoms with van der Waals surface area (Å²) in [5.41, 5.74) is 7.69. The number of nitrogen functional groups attached to an aromatic ring is 1. The third kappa shape index (κ3) is 1.29. The highest BCUT2D eigenvalue weighted by atomic mass is 15.5.